The summed E-state index contributed by atoms with van der Waals surface area (Å²) in [5.74, 6) is -0.0197. The Balaban J connectivity index is 1.98. The number of hydrogen-bond donors (Lipinski definition) is 2. The summed E-state index contributed by atoms with van der Waals surface area (Å²) in [6, 6.07) is 0.635. The second-order valence-electron chi connectivity index (χ2n) is 4.83. The molecule has 2 fully saturated rings. The topological polar surface area (TPSA) is 72.3 Å². The molecule has 0 aliphatic heterocycles. The number of carbonyl (C=O) groups excluding carboxylic acids is 1. The largest absolute Gasteiger partial charge is 0.368 e. The summed E-state index contributed by atoms with van der Waals surface area (Å²) in [7, 11) is 2.03. The minimum Gasteiger partial charge on any atom is -0.368 e. The summed E-state index contributed by atoms with van der Waals surface area (Å²) < 4.78 is 0. The lowest BCUT2D eigenvalue weighted by atomic mass is 9.93. The third-order valence-corrected chi connectivity index (χ3v) is 3.45. The van der Waals surface area contributed by atoms with Gasteiger partial charge in [-0.1, -0.05) is 0 Å². The highest BCUT2D eigenvalue weighted by Gasteiger charge is 2.48. The maximum atomic E-state index is 11.4. The maximum Gasteiger partial charge on any atom is 0.239 e. The van der Waals surface area contributed by atoms with Crippen molar-refractivity contribution in [2.45, 2.75) is 37.3 Å². The first-order chi connectivity index (χ1) is 6.54. The van der Waals surface area contributed by atoms with Crippen molar-refractivity contribution >= 4 is 5.91 Å². The molecule has 4 heteroatoms. The Morgan fingerprint density at radius 2 is 2.00 bits per heavy atom. The lowest BCUT2D eigenvalue weighted by Crippen LogP contribution is -2.60. The van der Waals surface area contributed by atoms with Crippen molar-refractivity contribution in [3.05, 3.63) is 0 Å². The molecule has 2 saturated carbocycles. The minimum absolute atomic E-state index is 0.321. The SMILES string of the molecule is CN(CC(N)(C(N)=O)C1CC1)C1CC1. The van der Waals surface area contributed by atoms with Gasteiger partial charge in [-0.3, -0.25) is 4.79 Å². The molecule has 0 bridgehead atoms. The molecule has 0 radical (unpaired) electrons. The van der Waals surface area contributed by atoms with Crippen LogP contribution in [-0.4, -0.2) is 36.0 Å². The molecule has 0 aromatic heterocycles. The van der Waals surface area contributed by atoms with Crippen molar-refractivity contribution in [2.75, 3.05) is 13.6 Å². The number of rotatable bonds is 5. The molecule has 14 heavy (non-hydrogen) atoms. The molecule has 0 spiro atoms. The van der Waals surface area contributed by atoms with Crippen LogP contribution in [0.5, 0.6) is 0 Å². The zero-order valence-electron chi connectivity index (χ0n) is 8.70. The Morgan fingerprint density at radius 1 is 1.43 bits per heavy atom. The first-order valence-corrected chi connectivity index (χ1v) is 5.33. The van der Waals surface area contributed by atoms with Crippen LogP contribution >= 0.6 is 0 Å². The fourth-order valence-electron chi connectivity index (χ4n) is 2.06. The van der Waals surface area contributed by atoms with Crippen LogP contribution in [0.15, 0.2) is 0 Å². The molecule has 1 amide bonds. The quantitative estimate of drug-likeness (QED) is 0.634. The van der Waals surface area contributed by atoms with E-state index in [0.717, 1.165) is 12.8 Å². The van der Waals surface area contributed by atoms with E-state index >= 15 is 0 Å². The number of nitrogens with zero attached hydrogens (tertiary/aromatic N) is 1. The zero-order valence-corrected chi connectivity index (χ0v) is 8.70. The van der Waals surface area contributed by atoms with Gasteiger partial charge in [0.05, 0.1) is 0 Å². The number of carbonyl (C=O) groups is 1. The highest BCUT2D eigenvalue weighted by atomic mass is 16.1. The Bertz CT molecular complexity index is 248. The molecule has 1 atom stereocenters. The van der Waals surface area contributed by atoms with Crippen molar-refractivity contribution in [3.8, 4) is 0 Å². The molecule has 0 aromatic carbocycles. The van der Waals surface area contributed by atoms with E-state index in [1.165, 1.54) is 12.8 Å². The molecule has 2 rings (SSSR count). The molecular formula is C10H19N3O. The van der Waals surface area contributed by atoms with Gasteiger partial charge in [-0.15, -0.1) is 0 Å². The molecule has 80 valence electrons. The van der Waals surface area contributed by atoms with E-state index in [4.69, 9.17) is 11.5 Å². The molecule has 1 unspecified atom stereocenters. The second-order valence-corrected chi connectivity index (χ2v) is 4.83. The number of primary amides is 1. The van der Waals surface area contributed by atoms with Gasteiger partial charge in [0, 0.05) is 12.6 Å². The molecule has 2 aliphatic rings. The predicted molar refractivity (Wildman–Crippen MR) is 54.5 cm³/mol. The lowest BCUT2D eigenvalue weighted by Gasteiger charge is -2.31. The number of amides is 1. The number of likely N-dealkylation sites (N-methyl/N-ethyl adjacent to an activating group) is 1. The molecule has 2 aliphatic carbocycles. The van der Waals surface area contributed by atoms with Crippen molar-refractivity contribution in [1.29, 1.82) is 0 Å². The van der Waals surface area contributed by atoms with Crippen LogP contribution in [0.3, 0.4) is 0 Å². The monoisotopic (exact) mass is 197 g/mol. The second kappa shape index (κ2) is 3.21. The van der Waals surface area contributed by atoms with Crippen molar-refractivity contribution < 1.29 is 4.79 Å². The number of nitrogens with two attached hydrogens (primary N) is 2. The molecular weight excluding hydrogens is 178 g/mol. The standard InChI is InChI=1S/C10H19N3O/c1-13(8-4-5-8)6-10(12,9(11)14)7-2-3-7/h7-8H,2-6,12H2,1H3,(H2,11,14). The van der Waals surface area contributed by atoms with Gasteiger partial charge < -0.3 is 16.4 Å². The Morgan fingerprint density at radius 3 is 2.36 bits per heavy atom. The van der Waals surface area contributed by atoms with Gasteiger partial charge in [-0.05, 0) is 38.6 Å². The summed E-state index contributed by atoms with van der Waals surface area (Å²) in [6.45, 7) is 0.623. The first kappa shape index (κ1) is 9.93. The summed E-state index contributed by atoms with van der Waals surface area (Å²) in [4.78, 5) is 13.5. The van der Waals surface area contributed by atoms with E-state index in [1.807, 2.05) is 7.05 Å². The summed E-state index contributed by atoms with van der Waals surface area (Å²) in [5.41, 5.74) is 10.7. The molecule has 0 heterocycles. The fraction of sp³-hybridized carbons (Fsp3) is 0.900. The zero-order chi connectivity index (χ0) is 10.3. The van der Waals surface area contributed by atoms with Crippen LogP contribution in [0.25, 0.3) is 0 Å². The third-order valence-electron chi connectivity index (χ3n) is 3.45. The first-order valence-electron chi connectivity index (χ1n) is 5.33. The van der Waals surface area contributed by atoms with E-state index in [1.54, 1.807) is 0 Å². The molecule has 0 aromatic rings. The highest BCUT2D eigenvalue weighted by molar-refractivity contribution is 5.85. The van der Waals surface area contributed by atoms with Gasteiger partial charge in [0.25, 0.3) is 0 Å². The highest BCUT2D eigenvalue weighted by Crippen LogP contribution is 2.39. The van der Waals surface area contributed by atoms with E-state index in [-0.39, 0.29) is 5.91 Å². The smallest absolute Gasteiger partial charge is 0.239 e. The Hall–Kier alpha value is -0.610. The van der Waals surface area contributed by atoms with Gasteiger partial charge in [0.2, 0.25) is 5.91 Å². The van der Waals surface area contributed by atoms with E-state index in [0.29, 0.717) is 18.5 Å². The van der Waals surface area contributed by atoms with Gasteiger partial charge >= 0.3 is 0 Å². The van der Waals surface area contributed by atoms with Crippen LogP contribution in [-0.2, 0) is 4.79 Å². The van der Waals surface area contributed by atoms with E-state index in [2.05, 4.69) is 4.90 Å². The molecule has 4 N–H and O–H groups in total. The number of hydrogen-bond acceptors (Lipinski definition) is 3. The van der Waals surface area contributed by atoms with Crippen molar-refractivity contribution in [2.24, 2.45) is 17.4 Å². The van der Waals surface area contributed by atoms with Gasteiger partial charge in [0.1, 0.15) is 5.54 Å². The minimum atomic E-state index is -0.780. The van der Waals surface area contributed by atoms with Crippen LogP contribution in [0.1, 0.15) is 25.7 Å². The van der Waals surface area contributed by atoms with Gasteiger partial charge in [-0.2, -0.15) is 0 Å². The Labute approximate surface area is 84.6 Å². The Kier molecular flexibility index (Phi) is 2.27. The van der Waals surface area contributed by atoms with Crippen LogP contribution in [0.2, 0.25) is 0 Å². The van der Waals surface area contributed by atoms with E-state index < -0.39 is 5.54 Å². The molecule has 0 saturated heterocycles. The summed E-state index contributed by atoms with van der Waals surface area (Å²) in [5, 5.41) is 0. The van der Waals surface area contributed by atoms with E-state index in [9.17, 15) is 4.79 Å². The van der Waals surface area contributed by atoms with Crippen LogP contribution in [0.4, 0.5) is 0 Å². The predicted octanol–water partition coefficient (Wildman–Crippen LogP) is -0.327. The fourth-order valence-corrected chi connectivity index (χ4v) is 2.06. The third kappa shape index (κ3) is 1.77. The van der Waals surface area contributed by atoms with Crippen molar-refractivity contribution in [3.63, 3.8) is 0 Å². The lowest BCUT2D eigenvalue weighted by molar-refractivity contribution is -0.124. The van der Waals surface area contributed by atoms with Crippen LogP contribution < -0.4 is 11.5 Å². The van der Waals surface area contributed by atoms with Crippen molar-refractivity contribution in [1.82, 2.24) is 4.90 Å². The maximum absolute atomic E-state index is 11.4. The normalized spacial score (nSPS) is 26.2. The average Bonchev–Trinajstić information content (AvgIpc) is 2.96. The average molecular weight is 197 g/mol. The van der Waals surface area contributed by atoms with Gasteiger partial charge in [-0.25, -0.2) is 0 Å². The van der Waals surface area contributed by atoms with Gasteiger partial charge in [0.15, 0.2) is 0 Å². The summed E-state index contributed by atoms with van der Waals surface area (Å²) in [6.07, 6.45) is 4.57. The summed E-state index contributed by atoms with van der Waals surface area (Å²) >= 11 is 0. The van der Waals surface area contributed by atoms with Crippen LogP contribution in [0, 0.1) is 5.92 Å². The molecule has 4 nitrogen and oxygen atoms in total.